The number of amides is 1. The van der Waals surface area contributed by atoms with Crippen molar-refractivity contribution in [3.8, 4) is 0 Å². The lowest BCUT2D eigenvalue weighted by Crippen LogP contribution is -2.42. The predicted molar refractivity (Wildman–Crippen MR) is 95.7 cm³/mol. The van der Waals surface area contributed by atoms with Crippen molar-refractivity contribution >= 4 is 17.4 Å². The monoisotopic (exact) mass is 396 g/mol. The standard InChI is InChI=1S/C18H23F3N6O/c1-2-12-5-8-26(11-12)16(28)13-6-9-25(10-7-13)15-4-3-14-22-23-17(18(19,20)21)27(14)24-15/h3-4,12-13H,2,5-11H2,1H3. The van der Waals surface area contributed by atoms with Crippen molar-refractivity contribution in [1.82, 2.24) is 24.7 Å². The Kier molecular flexibility index (Phi) is 4.88. The molecule has 1 unspecified atom stereocenters. The molecular formula is C18H23F3N6O. The molecule has 0 N–H and O–H groups in total. The predicted octanol–water partition coefficient (Wildman–Crippen LogP) is 2.62. The summed E-state index contributed by atoms with van der Waals surface area (Å²) in [4.78, 5) is 16.6. The molecule has 2 saturated heterocycles. The fraction of sp³-hybridized carbons (Fsp3) is 0.667. The van der Waals surface area contributed by atoms with Gasteiger partial charge in [-0.05, 0) is 37.3 Å². The van der Waals surface area contributed by atoms with Crippen LogP contribution in [0.5, 0.6) is 0 Å². The van der Waals surface area contributed by atoms with Crippen molar-refractivity contribution in [3.63, 3.8) is 0 Å². The summed E-state index contributed by atoms with van der Waals surface area (Å²) in [5.74, 6) is 0.116. The minimum Gasteiger partial charge on any atom is -0.355 e. The van der Waals surface area contributed by atoms with Gasteiger partial charge in [0.2, 0.25) is 5.91 Å². The molecule has 2 fully saturated rings. The molecule has 0 saturated carbocycles. The Balaban J connectivity index is 1.43. The highest BCUT2D eigenvalue weighted by Crippen LogP contribution is 2.29. The van der Waals surface area contributed by atoms with Crippen molar-refractivity contribution in [1.29, 1.82) is 0 Å². The average Bonchev–Trinajstić information content (AvgIpc) is 3.33. The molecule has 0 bridgehead atoms. The van der Waals surface area contributed by atoms with Crippen LogP contribution in [0.4, 0.5) is 19.0 Å². The van der Waals surface area contributed by atoms with Crippen molar-refractivity contribution in [2.24, 2.45) is 11.8 Å². The van der Waals surface area contributed by atoms with E-state index >= 15 is 0 Å². The molecule has 4 rings (SSSR count). The fourth-order valence-electron chi connectivity index (χ4n) is 4.10. The Morgan fingerprint density at radius 2 is 1.89 bits per heavy atom. The number of nitrogens with zero attached hydrogens (tertiary/aromatic N) is 6. The number of halogens is 3. The van der Waals surface area contributed by atoms with Crippen LogP contribution in [0.1, 0.15) is 38.4 Å². The zero-order valence-electron chi connectivity index (χ0n) is 15.7. The molecule has 0 spiro atoms. The Morgan fingerprint density at radius 3 is 2.54 bits per heavy atom. The lowest BCUT2D eigenvalue weighted by molar-refractivity contribution is -0.146. The maximum Gasteiger partial charge on any atom is 0.453 e. The smallest absolute Gasteiger partial charge is 0.355 e. The summed E-state index contributed by atoms with van der Waals surface area (Å²) in [5, 5.41) is 10.8. The highest BCUT2D eigenvalue weighted by atomic mass is 19.4. The molecule has 0 radical (unpaired) electrons. The van der Waals surface area contributed by atoms with Crippen molar-refractivity contribution in [2.45, 2.75) is 38.8 Å². The normalized spacial score (nSPS) is 21.6. The van der Waals surface area contributed by atoms with E-state index in [2.05, 4.69) is 22.2 Å². The van der Waals surface area contributed by atoms with E-state index in [4.69, 9.17) is 0 Å². The molecule has 1 amide bonds. The second-order valence-corrected chi connectivity index (χ2v) is 7.59. The molecule has 2 aliphatic heterocycles. The van der Waals surface area contributed by atoms with Gasteiger partial charge < -0.3 is 9.80 Å². The van der Waals surface area contributed by atoms with Gasteiger partial charge in [0.25, 0.3) is 5.82 Å². The highest BCUT2D eigenvalue weighted by molar-refractivity contribution is 5.79. The molecule has 10 heteroatoms. The maximum atomic E-state index is 13.0. The summed E-state index contributed by atoms with van der Waals surface area (Å²) in [6, 6.07) is 3.13. The van der Waals surface area contributed by atoms with E-state index in [9.17, 15) is 18.0 Å². The van der Waals surface area contributed by atoms with Gasteiger partial charge in [-0.1, -0.05) is 13.3 Å². The zero-order chi connectivity index (χ0) is 19.9. The number of rotatable bonds is 3. The molecule has 7 nitrogen and oxygen atoms in total. The second kappa shape index (κ2) is 7.21. The number of aromatic nitrogens is 4. The van der Waals surface area contributed by atoms with E-state index in [1.165, 1.54) is 6.07 Å². The Morgan fingerprint density at radius 1 is 1.14 bits per heavy atom. The number of hydrogen-bond donors (Lipinski definition) is 0. The van der Waals surface area contributed by atoms with E-state index in [1.54, 1.807) is 6.07 Å². The van der Waals surface area contributed by atoms with Crippen LogP contribution >= 0.6 is 0 Å². The minimum absolute atomic E-state index is 0.0174. The number of piperidine rings is 1. The fourth-order valence-corrected chi connectivity index (χ4v) is 4.10. The third-order valence-electron chi connectivity index (χ3n) is 5.85. The lowest BCUT2D eigenvalue weighted by Gasteiger charge is -2.33. The third-order valence-corrected chi connectivity index (χ3v) is 5.85. The van der Waals surface area contributed by atoms with E-state index in [0.29, 0.717) is 37.7 Å². The summed E-state index contributed by atoms with van der Waals surface area (Å²) < 4.78 is 39.9. The number of likely N-dealkylation sites (tertiary alicyclic amines) is 1. The van der Waals surface area contributed by atoms with Crippen LogP contribution in [0, 0.1) is 11.8 Å². The van der Waals surface area contributed by atoms with Crippen LogP contribution in [0.2, 0.25) is 0 Å². The second-order valence-electron chi connectivity index (χ2n) is 7.59. The van der Waals surface area contributed by atoms with Gasteiger partial charge in [0, 0.05) is 32.1 Å². The Labute approximate surface area is 160 Å². The van der Waals surface area contributed by atoms with Crippen LogP contribution < -0.4 is 4.90 Å². The average molecular weight is 396 g/mol. The molecular weight excluding hydrogens is 373 g/mol. The van der Waals surface area contributed by atoms with Gasteiger partial charge >= 0.3 is 6.18 Å². The number of anilines is 1. The van der Waals surface area contributed by atoms with Gasteiger partial charge in [0.1, 0.15) is 5.82 Å². The van der Waals surface area contributed by atoms with E-state index in [-0.39, 0.29) is 17.5 Å². The summed E-state index contributed by atoms with van der Waals surface area (Å²) in [7, 11) is 0. The largest absolute Gasteiger partial charge is 0.453 e. The first-order valence-electron chi connectivity index (χ1n) is 9.70. The topological polar surface area (TPSA) is 66.6 Å². The van der Waals surface area contributed by atoms with Crippen molar-refractivity contribution < 1.29 is 18.0 Å². The highest BCUT2D eigenvalue weighted by Gasteiger charge is 2.38. The summed E-state index contributed by atoms with van der Waals surface area (Å²) in [5.41, 5.74) is 0.0562. The quantitative estimate of drug-likeness (QED) is 0.798. The van der Waals surface area contributed by atoms with Crippen LogP contribution in [0.15, 0.2) is 12.1 Å². The first-order chi connectivity index (χ1) is 13.4. The van der Waals surface area contributed by atoms with Crippen molar-refractivity contribution in [2.75, 3.05) is 31.1 Å². The summed E-state index contributed by atoms with van der Waals surface area (Å²) in [6.07, 6.45) is -1.08. The number of alkyl halides is 3. The van der Waals surface area contributed by atoms with Gasteiger partial charge in [-0.25, -0.2) is 0 Å². The minimum atomic E-state index is -4.61. The van der Waals surface area contributed by atoms with Crippen LogP contribution in [0.25, 0.3) is 5.65 Å². The first-order valence-corrected chi connectivity index (χ1v) is 9.70. The van der Waals surface area contributed by atoms with E-state index < -0.39 is 12.0 Å². The summed E-state index contributed by atoms with van der Waals surface area (Å²) >= 11 is 0. The molecule has 1 atom stereocenters. The number of hydrogen-bond acceptors (Lipinski definition) is 5. The van der Waals surface area contributed by atoms with Crippen LogP contribution in [-0.2, 0) is 11.0 Å². The third kappa shape index (κ3) is 3.51. The number of carbonyl (C=O) groups is 1. The van der Waals surface area contributed by atoms with Crippen LogP contribution in [0.3, 0.4) is 0 Å². The molecule has 2 aliphatic rings. The Hall–Kier alpha value is -2.39. The number of fused-ring (bicyclic) bond motifs is 1. The molecule has 4 heterocycles. The molecule has 0 aliphatic carbocycles. The molecule has 2 aromatic heterocycles. The molecule has 152 valence electrons. The first kappa shape index (κ1) is 18.9. The van der Waals surface area contributed by atoms with Gasteiger partial charge in [-0.3, -0.25) is 4.79 Å². The van der Waals surface area contributed by atoms with E-state index in [1.807, 2.05) is 9.80 Å². The van der Waals surface area contributed by atoms with Crippen molar-refractivity contribution in [3.05, 3.63) is 18.0 Å². The molecule has 0 aromatic carbocycles. The SMILES string of the molecule is CCC1CCN(C(=O)C2CCN(c3ccc4nnc(C(F)(F)F)n4n3)CC2)C1. The van der Waals surface area contributed by atoms with Gasteiger partial charge in [0.05, 0.1) is 0 Å². The van der Waals surface area contributed by atoms with Crippen LogP contribution in [-0.4, -0.2) is 56.8 Å². The molecule has 2 aromatic rings. The van der Waals surface area contributed by atoms with E-state index in [0.717, 1.165) is 30.4 Å². The molecule has 28 heavy (non-hydrogen) atoms. The zero-order valence-corrected chi connectivity index (χ0v) is 15.7. The Bertz CT molecular complexity index is 859. The number of carbonyl (C=O) groups excluding carboxylic acids is 1. The summed E-state index contributed by atoms with van der Waals surface area (Å²) in [6.45, 7) is 5.01. The van der Waals surface area contributed by atoms with Gasteiger partial charge in [-0.2, -0.15) is 17.7 Å². The maximum absolute atomic E-state index is 13.0. The lowest BCUT2D eigenvalue weighted by atomic mass is 9.95. The van der Waals surface area contributed by atoms with Gasteiger partial charge in [-0.15, -0.1) is 15.3 Å². The van der Waals surface area contributed by atoms with Gasteiger partial charge in [0.15, 0.2) is 5.65 Å².